The fraction of sp³-hybridized carbons (Fsp3) is 0.679. The molecule has 0 aromatic heterocycles. The molecule has 1 aromatic rings. The Morgan fingerprint density at radius 3 is 2.27 bits per heavy atom. The molecule has 3 amide bonds. The predicted octanol–water partition coefficient (Wildman–Crippen LogP) is 4.53. The molecule has 1 saturated heterocycles. The van der Waals surface area contributed by atoms with E-state index in [4.69, 9.17) is 10.7 Å². The molecule has 0 aliphatic carbocycles. The molecular weight excluding hydrogens is 486 g/mol. The maximum atomic E-state index is 13.1. The van der Waals surface area contributed by atoms with Crippen LogP contribution < -0.4 is 16.0 Å². The number of anilines is 1. The van der Waals surface area contributed by atoms with Gasteiger partial charge in [-0.1, -0.05) is 45.4 Å². The zero-order valence-corrected chi connectivity index (χ0v) is 23.9. The summed E-state index contributed by atoms with van der Waals surface area (Å²) in [5.41, 5.74) is 8.75. The molecule has 1 fully saturated rings. The summed E-state index contributed by atoms with van der Waals surface area (Å²) in [5, 5.41) is 3.03. The predicted molar refractivity (Wildman–Crippen MR) is 152 cm³/mol. The van der Waals surface area contributed by atoms with E-state index in [0.717, 1.165) is 41.1 Å². The standard InChI is InChI=1S/C28H45N5O3S/c1-5-6-7-8-9-10-11-12-25-30-26(34)28(31-25)14-16-33(17-15-28)37(36)18-13-24-21(2)19-23(20-22(24)3)32(4)27(29)35/h19-20H,5-18H2,1-4H3,(H2,29,35)(H,30,31,34). The number of aliphatic imine (C=N–C) groups is 1. The number of amidine groups is 1. The van der Waals surface area contributed by atoms with Crippen LogP contribution >= 0.6 is 0 Å². The van der Waals surface area contributed by atoms with Crippen LogP contribution in [0.2, 0.25) is 0 Å². The maximum absolute atomic E-state index is 13.1. The number of nitrogens with two attached hydrogens (primary N) is 1. The lowest BCUT2D eigenvalue weighted by molar-refractivity contribution is -0.124. The number of piperidine rings is 1. The molecule has 9 heteroatoms. The summed E-state index contributed by atoms with van der Waals surface area (Å²) in [4.78, 5) is 30.6. The number of aryl methyl sites for hydroxylation is 2. The molecule has 206 valence electrons. The summed E-state index contributed by atoms with van der Waals surface area (Å²) in [7, 11) is 0.531. The lowest BCUT2D eigenvalue weighted by Crippen LogP contribution is -2.49. The van der Waals surface area contributed by atoms with Crippen LogP contribution in [0.1, 0.15) is 87.8 Å². The van der Waals surface area contributed by atoms with Crippen LogP contribution in [-0.4, -0.2) is 57.7 Å². The summed E-state index contributed by atoms with van der Waals surface area (Å²) in [6.45, 7) is 7.46. The van der Waals surface area contributed by atoms with E-state index in [2.05, 4.69) is 12.2 Å². The zero-order chi connectivity index (χ0) is 27.0. The highest BCUT2D eigenvalue weighted by Gasteiger charge is 2.46. The van der Waals surface area contributed by atoms with Crippen molar-refractivity contribution in [3.63, 3.8) is 0 Å². The van der Waals surface area contributed by atoms with Crippen molar-refractivity contribution in [1.29, 1.82) is 0 Å². The largest absolute Gasteiger partial charge is 0.351 e. The second-order valence-corrected chi connectivity index (χ2v) is 12.1. The Morgan fingerprint density at radius 1 is 1.08 bits per heavy atom. The topological polar surface area (TPSA) is 108 Å². The second kappa shape index (κ2) is 13.5. The van der Waals surface area contributed by atoms with Gasteiger partial charge in [-0.3, -0.25) is 14.7 Å². The molecule has 37 heavy (non-hydrogen) atoms. The van der Waals surface area contributed by atoms with Gasteiger partial charge in [0, 0.05) is 38.0 Å². The molecule has 0 bridgehead atoms. The number of nitrogens with zero attached hydrogens (tertiary/aromatic N) is 3. The van der Waals surface area contributed by atoms with Gasteiger partial charge in [0.1, 0.15) is 11.4 Å². The van der Waals surface area contributed by atoms with E-state index in [0.29, 0.717) is 38.1 Å². The Labute approximate surface area is 225 Å². The van der Waals surface area contributed by atoms with Gasteiger partial charge in [0.15, 0.2) is 0 Å². The maximum Gasteiger partial charge on any atom is 0.318 e. The Hall–Kier alpha value is -2.26. The van der Waals surface area contributed by atoms with E-state index in [1.165, 1.54) is 43.4 Å². The summed E-state index contributed by atoms with van der Waals surface area (Å²) in [6, 6.07) is 3.39. The fourth-order valence-electron chi connectivity index (χ4n) is 5.36. The number of carbonyl (C=O) groups is 2. The smallest absolute Gasteiger partial charge is 0.318 e. The molecule has 1 aromatic carbocycles. The number of hydrogen-bond acceptors (Lipinski definition) is 4. The Morgan fingerprint density at radius 2 is 1.68 bits per heavy atom. The molecule has 1 unspecified atom stereocenters. The lowest BCUT2D eigenvalue weighted by atomic mass is 9.89. The summed E-state index contributed by atoms with van der Waals surface area (Å²) >= 11 is 0. The molecule has 0 radical (unpaired) electrons. The molecule has 0 saturated carbocycles. The van der Waals surface area contributed by atoms with Crippen LogP contribution in [0.25, 0.3) is 0 Å². The number of hydrogen-bond donors (Lipinski definition) is 2. The van der Waals surface area contributed by atoms with E-state index in [9.17, 15) is 13.8 Å². The fourth-order valence-corrected chi connectivity index (χ4v) is 6.58. The van der Waals surface area contributed by atoms with Crippen molar-refractivity contribution in [1.82, 2.24) is 9.62 Å². The van der Waals surface area contributed by atoms with Crippen molar-refractivity contribution >= 4 is 34.4 Å². The molecule has 3 rings (SSSR count). The lowest BCUT2D eigenvalue weighted by Gasteiger charge is -2.34. The Bertz CT molecular complexity index is 994. The first-order valence-corrected chi connectivity index (χ1v) is 15.1. The Balaban J connectivity index is 1.47. The number of carbonyl (C=O) groups excluding carboxylic acids is 2. The van der Waals surface area contributed by atoms with E-state index in [-0.39, 0.29) is 5.91 Å². The van der Waals surface area contributed by atoms with Crippen molar-refractivity contribution in [3.8, 4) is 0 Å². The van der Waals surface area contributed by atoms with E-state index in [1.54, 1.807) is 7.05 Å². The molecular formula is C28H45N5O3S. The normalized spacial score (nSPS) is 18.1. The van der Waals surface area contributed by atoms with Gasteiger partial charge in [0.2, 0.25) is 0 Å². The van der Waals surface area contributed by atoms with E-state index < -0.39 is 22.6 Å². The number of unbranched alkanes of at least 4 members (excludes halogenated alkanes) is 6. The minimum atomic E-state index is -1.12. The first-order valence-electron chi connectivity index (χ1n) is 13.8. The number of urea groups is 1. The van der Waals surface area contributed by atoms with Crippen LogP contribution in [-0.2, 0) is 22.2 Å². The number of amides is 3. The Kier molecular flexibility index (Phi) is 10.7. The van der Waals surface area contributed by atoms with Crippen molar-refractivity contribution in [2.24, 2.45) is 10.7 Å². The number of rotatable bonds is 13. The number of primary amides is 1. The van der Waals surface area contributed by atoms with Gasteiger partial charge in [0.05, 0.1) is 11.0 Å². The van der Waals surface area contributed by atoms with Gasteiger partial charge in [-0.15, -0.1) is 0 Å². The highest BCUT2D eigenvalue weighted by atomic mass is 32.2. The van der Waals surface area contributed by atoms with Gasteiger partial charge >= 0.3 is 6.03 Å². The minimum Gasteiger partial charge on any atom is -0.351 e. The van der Waals surface area contributed by atoms with Crippen LogP contribution in [0.3, 0.4) is 0 Å². The molecule has 2 aliphatic rings. The van der Waals surface area contributed by atoms with Gasteiger partial charge in [-0.05, 0) is 68.4 Å². The molecule has 2 aliphatic heterocycles. The SMILES string of the molecule is CCCCCCCCCC1=NC2(CCN(S(=O)CCc3c(C)cc(N(C)C(N)=O)cc3C)CC2)C(=O)N1. The van der Waals surface area contributed by atoms with Crippen LogP contribution in [0.5, 0.6) is 0 Å². The van der Waals surface area contributed by atoms with Gasteiger partial charge in [-0.2, -0.15) is 0 Å². The monoisotopic (exact) mass is 531 g/mol. The summed E-state index contributed by atoms with van der Waals surface area (Å²) in [6.07, 6.45) is 11.4. The van der Waals surface area contributed by atoms with Crippen LogP contribution in [0, 0.1) is 13.8 Å². The number of benzene rings is 1. The zero-order valence-electron chi connectivity index (χ0n) is 23.1. The molecule has 3 N–H and O–H groups in total. The molecule has 8 nitrogen and oxygen atoms in total. The third-order valence-corrected chi connectivity index (χ3v) is 9.30. The number of nitrogens with one attached hydrogen (secondary N) is 1. The van der Waals surface area contributed by atoms with Crippen molar-refractivity contribution in [2.75, 3.05) is 30.8 Å². The molecule has 2 heterocycles. The van der Waals surface area contributed by atoms with Crippen molar-refractivity contribution in [2.45, 2.75) is 96.9 Å². The molecule has 1 spiro atoms. The first kappa shape index (κ1) is 29.3. The van der Waals surface area contributed by atoms with E-state index in [1.807, 2.05) is 30.3 Å². The third-order valence-electron chi connectivity index (χ3n) is 7.81. The second-order valence-electron chi connectivity index (χ2n) is 10.6. The van der Waals surface area contributed by atoms with Crippen LogP contribution in [0.15, 0.2) is 17.1 Å². The van der Waals surface area contributed by atoms with Gasteiger partial charge < -0.3 is 11.1 Å². The van der Waals surface area contributed by atoms with Crippen LogP contribution in [0.4, 0.5) is 10.5 Å². The highest BCUT2D eigenvalue weighted by Crippen LogP contribution is 2.31. The first-order chi connectivity index (χ1) is 17.7. The van der Waals surface area contributed by atoms with Crippen molar-refractivity contribution < 1.29 is 13.8 Å². The highest BCUT2D eigenvalue weighted by molar-refractivity contribution is 7.82. The quantitative estimate of drug-likeness (QED) is 0.365. The third kappa shape index (κ3) is 7.63. The van der Waals surface area contributed by atoms with E-state index >= 15 is 0 Å². The van der Waals surface area contributed by atoms with Crippen molar-refractivity contribution in [3.05, 3.63) is 28.8 Å². The average molecular weight is 532 g/mol. The average Bonchev–Trinajstić information content (AvgIpc) is 3.16. The summed E-state index contributed by atoms with van der Waals surface area (Å²) in [5.74, 6) is 1.38. The summed E-state index contributed by atoms with van der Waals surface area (Å²) < 4.78 is 15.1. The van der Waals surface area contributed by atoms with Gasteiger partial charge in [-0.25, -0.2) is 13.3 Å². The van der Waals surface area contributed by atoms with Gasteiger partial charge in [0.25, 0.3) is 5.91 Å². The minimum absolute atomic E-state index is 0.0168. The molecule has 1 atom stereocenters.